The predicted octanol–water partition coefficient (Wildman–Crippen LogP) is 5.40. The molecule has 0 amide bonds. The van der Waals surface area contributed by atoms with Gasteiger partial charge in [0, 0.05) is 11.6 Å². The number of nitrogens with one attached hydrogen (secondary N) is 1. The molecule has 0 aliphatic carbocycles. The normalized spacial score (nSPS) is 20.9. The summed E-state index contributed by atoms with van der Waals surface area (Å²) in [4.78, 5) is 11.8. The molecule has 2 unspecified atom stereocenters. The monoisotopic (exact) mass is 337 g/mol. The van der Waals surface area contributed by atoms with Crippen molar-refractivity contribution in [2.75, 3.05) is 12.4 Å². The number of methoxy groups -OCH3 is 1. The number of esters is 1. The molecule has 3 nitrogen and oxygen atoms in total. The third-order valence-corrected chi connectivity index (χ3v) is 4.44. The van der Waals surface area contributed by atoms with Gasteiger partial charge in [0.1, 0.15) is 0 Å². The molecule has 2 atom stereocenters. The maximum atomic E-state index is 11.8. The smallest absolute Gasteiger partial charge is 0.337 e. The van der Waals surface area contributed by atoms with Gasteiger partial charge >= 0.3 is 5.97 Å². The Hall–Kier alpha value is -2.55. The van der Waals surface area contributed by atoms with E-state index >= 15 is 0 Å². The summed E-state index contributed by atoms with van der Waals surface area (Å²) < 4.78 is 4.85. The van der Waals surface area contributed by atoms with Crippen molar-refractivity contribution >= 4 is 11.7 Å². The first-order chi connectivity index (χ1) is 12.1. The van der Waals surface area contributed by atoms with Crippen molar-refractivity contribution in [3.05, 3.63) is 77.4 Å². The second kappa shape index (κ2) is 9.07. The Bertz CT molecular complexity index is 726. The van der Waals surface area contributed by atoms with Crippen LogP contribution in [0.3, 0.4) is 0 Å². The molecule has 0 aromatic heterocycles. The van der Waals surface area contributed by atoms with E-state index in [-0.39, 0.29) is 17.9 Å². The maximum absolute atomic E-state index is 11.8. The number of hydrogen-bond donors (Lipinski definition) is 1. The van der Waals surface area contributed by atoms with Gasteiger partial charge in [0.15, 0.2) is 0 Å². The first-order valence-electron chi connectivity index (χ1n) is 8.71. The van der Waals surface area contributed by atoms with Crippen LogP contribution in [0.1, 0.15) is 49.0 Å². The highest BCUT2D eigenvalue weighted by Crippen LogP contribution is 2.38. The van der Waals surface area contributed by atoms with Crippen LogP contribution in [0, 0.1) is 0 Å². The number of anilines is 1. The van der Waals surface area contributed by atoms with Crippen molar-refractivity contribution in [1.82, 2.24) is 0 Å². The molecule has 1 aliphatic heterocycles. The van der Waals surface area contributed by atoms with Crippen molar-refractivity contribution in [3.63, 3.8) is 0 Å². The summed E-state index contributed by atoms with van der Waals surface area (Å²) in [5.41, 5.74) is 4.07. The van der Waals surface area contributed by atoms with E-state index in [9.17, 15) is 4.79 Å². The van der Waals surface area contributed by atoms with Crippen LogP contribution in [0.2, 0.25) is 0 Å². The minimum absolute atomic E-state index is 0.240. The second-order valence-corrected chi connectivity index (χ2v) is 6.03. The topological polar surface area (TPSA) is 38.3 Å². The van der Waals surface area contributed by atoms with Gasteiger partial charge in [-0.05, 0) is 56.5 Å². The minimum Gasteiger partial charge on any atom is -0.465 e. The lowest BCUT2D eigenvalue weighted by Crippen LogP contribution is -2.29. The standard InChI is InChI=1S/C22H27NO2/c1-5-8-9-11-16(7-3)21-15-17(10-6-2)19-14-18(22(24)25-4)12-13-20(19)23-21/h5-14,17,21,23H,15H2,1-4H3/b8-5-,10-6-,11-9-,16-7+. The molecule has 2 rings (SSSR count). The molecule has 1 aromatic rings. The average Bonchev–Trinajstić information content (AvgIpc) is 2.64. The van der Waals surface area contributed by atoms with Crippen molar-refractivity contribution in [1.29, 1.82) is 0 Å². The number of rotatable bonds is 5. The van der Waals surface area contributed by atoms with Gasteiger partial charge < -0.3 is 10.1 Å². The van der Waals surface area contributed by atoms with Crippen LogP contribution in [0.5, 0.6) is 0 Å². The summed E-state index contributed by atoms with van der Waals surface area (Å²) in [6, 6.07) is 5.98. The first kappa shape index (κ1) is 18.8. The fraction of sp³-hybridized carbons (Fsp3) is 0.318. The molecule has 1 aromatic carbocycles. The van der Waals surface area contributed by atoms with Gasteiger partial charge in [-0.3, -0.25) is 0 Å². The number of allylic oxidation sites excluding steroid dienone is 6. The summed E-state index contributed by atoms with van der Waals surface area (Å²) in [6.45, 7) is 6.11. The Labute approximate surface area is 150 Å². The Balaban J connectivity index is 2.37. The van der Waals surface area contributed by atoms with Crippen LogP contribution >= 0.6 is 0 Å². The van der Waals surface area contributed by atoms with E-state index in [2.05, 4.69) is 42.6 Å². The van der Waals surface area contributed by atoms with Gasteiger partial charge in [0.05, 0.1) is 18.7 Å². The SMILES string of the molecule is C\C=C/C=C\C(=C/C)C1CC(/C=C\C)c2cc(C(=O)OC)ccc2N1. The van der Waals surface area contributed by atoms with Crippen LogP contribution in [0.15, 0.2) is 66.3 Å². The molecule has 0 saturated heterocycles. The van der Waals surface area contributed by atoms with Crippen LogP contribution in [0.25, 0.3) is 0 Å². The highest BCUT2D eigenvalue weighted by molar-refractivity contribution is 5.90. The van der Waals surface area contributed by atoms with E-state index in [1.165, 1.54) is 12.7 Å². The van der Waals surface area contributed by atoms with Crippen LogP contribution in [-0.2, 0) is 4.74 Å². The van der Waals surface area contributed by atoms with Crippen molar-refractivity contribution in [2.24, 2.45) is 0 Å². The Morgan fingerprint density at radius 1 is 1.20 bits per heavy atom. The number of benzene rings is 1. The van der Waals surface area contributed by atoms with Crippen molar-refractivity contribution in [3.8, 4) is 0 Å². The quantitative estimate of drug-likeness (QED) is 0.444. The highest BCUT2D eigenvalue weighted by atomic mass is 16.5. The van der Waals surface area contributed by atoms with E-state index in [0.717, 1.165) is 17.7 Å². The Morgan fingerprint density at radius 3 is 2.64 bits per heavy atom. The molecule has 0 saturated carbocycles. The molecule has 0 fully saturated rings. The lowest BCUT2D eigenvalue weighted by atomic mass is 9.83. The van der Waals surface area contributed by atoms with Gasteiger partial charge in [-0.2, -0.15) is 0 Å². The van der Waals surface area contributed by atoms with Crippen molar-refractivity contribution < 1.29 is 9.53 Å². The molecule has 25 heavy (non-hydrogen) atoms. The fourth-order valence-electron chi connectivity index (χ4n) is 3.20. The van der Waals surface area contributed by atoms with E-state index in [1.807, 2.05) is 44.2 Å². The van der Waals surface area contributed by atoms with Crippen LogP contribution in [-0.4, -0.2) is 19.1 Å². The lowest BCUT2D eigenvalue weighted by molar-refractivity contribution is 0.0600. The fourth-order valence-corrected chi connectivity index (χ4v) is 3.20. The molecule has 3 heteroatoms. The van der Waals surface area contributed by atoms with E-state index < -0.39 is 0 Å². The zero-order chi connectivity index (χ0) is 18.2. The van der Waals surface area contributed by atoms with E-state index in [4.69, 9.17) is 4.74 Å². The summed E-state index contributed by atoms with van der Waals surface area (Å²) in [7, 11) is 1.41. The van der Waals surface area contributed by atoms with Crippen molar-refractivity contribution in [2.45, 2.75) is 39.2 Å². The lowest BCUT2D eigenvalue weighted by Gasteiger charge is -2.33. The molecule has 1 aliphatic rings. The summed E-state index contributed by atoms with van der Waals surface area (Å²) in [5.74, 6) is -0.0338. The number of hydrogen-bond acceptors (Lipinski definition) is 3. The maximum Gasteiger partial charge on any atom is 0.337 e. The molecule has 1 heterocycles. The van der Waals surface area contributed by atoms with Crippen LogP contribution in [0.4, 0.5) is 5.69 Å². The predicted molar refractivity (Wildman–Crippen MR) is 105 cm³/mol. The minimum atomic E-state index is -0.299. The van der Waals surface area contributed by atoms with E-state index in [0.29, 0.717) is 5.56 Å². The molecule has 0 radical (unpaired) electrons. The number of carbonyl (C=O) groups excluding carboxylic acids is 1. The summed E-state index contributed by atoms with van der Waals surface area (Å²) in [6.07, 6.45) is 15.6. The van der Waals surface area contributed by atoms with Gasteiger partial charge in [0.25, 0.3) is 0 Å². The zero-order valence-electron chi connectivity index (χ0n) is 15.5. The first-order valence-corrected chi connectivity index (χ1v) is 8.71. The van der Waals surface area contributed by atoms with E-state index in [1.54, 1.807) is 0 Å². The highest BCUT2D eigenvalue weighted by Gasteiger charge is 2.27. The summed E-state index contributed by atoms with van der Waals surface area (Å²) >= 11 is 0. The molecule has 132 valence electrons. The van der Waals surface area contributed by atoms with Gasteiger partial charge in [-0.1, -0.05) is 42.5 Å². The van der Waals surface area contributed by atoms with Crippen LogP contribution < -0.4 is 5.32 Å². The Kier molecular flexibility index (Phi) is 6.81. The molecular formula is C22H27NO2. The average molecular weight is 337 g/mol. The molecular weight excluding hydrogens is 310 g/mol. The Morgan fingerprint density at radius 2 is 2.00 bits per heavy atom. The third-order valence-electron chi connectivity index (χ3n) is 4.44. The third kappa shape index (κ3) is 4.50. The molecule has 0 spiro atoms. The van der Waals surface area contributed by atoms with Gasteiger partial charge in [-0.25, -0.2) is 4.79 Å². The largest absolute Gasteiger partial charge is 0.465 e. The number of ether oxygens (including phenoxy) is 1. The summed E-state index contributed by atoms with van der Waals surface area (Å²) in [5, 5.41) is 3.62. The molecule has 1 N–H and O–H groups in total. The number of fused-ring (bicyclic) bond motifs is 1. The van der Waals surface area contributed by atoms with Gasteiger partial charge in [-0.15, -0.1) is 0 Å². The molecule has 0 bridgehead atoms. The number of carbonyl (C=O) groups is 1. The van der Waals surface area contributed by atoms with Gasteiger partial charge in [0.2, 0.25) is 0 Å². The zero-order valence-corrected chi connectivity index (χ0v) is 15.5. The second-order valence-electron chi connectivity index (χ2n) is 6.03.